The molecule has 1 aliphatic rings. The Balaban J connectivity index is 1.88. The minimum atomic E-state index is -1.51. The summed E-state index contributed by atoms with van der Waals surface area (Å²) in [6.07, 6.45) is -0.461. The fourth-order valence-corrected chi connectivity index (χ4v) is 3.33. The molecule has 0 aliphatic carbocycles. The molecule has 0 radical (unpaired) electrons. The molecule has 5 N–H and O–H groups in total. The van der Waals surface area contributed by atoms with Gasteiger partial charge in [0.2, 0.25) is 11.8 Å². The molecule has 3 atom stereocenters. The van der Waals surface area contributed by atoms with E-state index in [-0.39, 0.29) is 30.1 Å². The number of fused-ring (bicyclic) bond motifs is 1. The van der Waals surface area contributed by atoms with Crippen molar-refractivity contribution >= 4 is 23.7 Å². The maximum Gasteiger partial charge on any atom is 0.326 e. The van der Waals surface area contributed by atoms with Gasteiger partial charge < -0.3 is 30.9 Å². The quantitative estimate of drug-likeness (QED) is 0.454. The van der Waals surface area contributed by atoms with Crippen LogP contribution in [0.15, 0.2) is 48.5 Å². The summed E-state index contributed by atoms with van der Waals surface area (Å²) in [5.74, 6) is -2.99. The average Bonchev–Trinajstić information content (AvgIpc) is 2.77. The van der Waals surface area contributed by atoms with E-state index in [4.69, 9.17) is 4.74 Å². The van der Waals surface area contributed by atoms with E-state index in [0.29, 0.717) is 5.56 Å². The van der Waals surface area contributed by atoms with Gasteiger partial charge in [-0.3, -0.25) is 14.4 Å². The number of amides is 3. The number of hydrogen-bond acceptors (Lipinski definition) is 6. The van der Waals surface area contributed by atoms with Crippen LogP contribution in [0.4, 0.5) is 0 Å². The van der Waals surface area contributed by atoms with E-state index in [9.17, 15) is 29.4 Å². The molecule has 0 saturated heterocycles. The third kappa shape index (κ3) is 6.45. The Morgan fingerprint density at radius 2 is 1.73 bits per heavy atom. The fourth-order valence-electron chi connectivity index (χ4n) is 3.33. The van der Waals surface area contributed by atoms with Crippen molar-refractivity contribution in [2.75, 3.05) is 6.61 Å². The van der Waals surface area contributed by atoms with E-state index >= 15 is 0 Å². The number of para-hydroxylation sites is 1. The topological polar surface area (TPSA) is 154 Å². The van der Waals surface area contributed by atoms with Crippen LogP contribution in [0.2, 0.25) is 0 Å². The van der Waals surface area contributed by atoms with Gasteiger partial charge in [-0.05, 0) is 36.8 Å². The SMILES string of the molecule is C[C@@H]1COc2ccccc2C(=O)N[C@H](C(=O)O)CC(=O)N[C@@H](Cc2ccc(O)cc2)C(=O)N1. The molecule has 33 heavy (non-hydrogen) atoms. The molecule has 174 valence electrons. The molecule has 10 nitrogen and oxygen atoms in total. The molecule has 0 saturated carbocycles. The van der Waals surface area contributed by atoms with Crippen molar-refractivity contribution in [2.45, 2.75) is 37.9 Å². The molecule has 1 heterocycles. The number of aromatic hydroxyl groups is 1. The summed E-state index contributed by atoms with van der Waals surface area (Å²) in [6, 6.07) is 9.48. The van der Waals surface area contributed by atoms with Gasteiger partial charge in [0.15, 0.2) is 0 Å². The number of carbonyl (C=O) groups is 4. The Labute approximate surface area is 189 Å². The van der Waals surface area contributed by atoms with Gasteiger partial charge >= 0.3 is 5.97 Å². The highest BCUT2D eigenvalue weighted by Crippen LogP contribution is 2.19. The smallest absolute Gasteiger partial charge is 0.326 e. The van der Waals surface area contributed by atoms with E-state index < -0.39 is 48.2 Å². The Hall–Kier alpha value is -4.08. The highest BCUT2D eigenvalue weighted by Gasteiger charge is 2.29. The average molecular weight is 455 g/mol. The van der Waals surface area contributed by atoms with Crippen LogP contribution in [0.5, 0.6) is 11.5 Å². The number of nitrogens with one attached hydrogen (secondary N) is 3. The van der Waals surface area contributed by atoms with E-state index in [1.165, 1.54) is 18.2 Å². The molecule has 0 bridgehead atoms. The van der Waals surface area contributed by atoms with Crippen LogP contribution in [-0.2, 0) is 20.8 Å². The number of aliphatic carboxylic acids is 1. The number of benzene rings is 2. The van der Waals surface area contributed by atoms with Gasteiger partial charge in [-0.25, -0.2) is 4.79 Å². The molecule has 0 unspecified atom stereocenters. The van der Waals surface area contributed by atoms with E-state index in [1.54, 1.807) is 37.3 Å². The van der Waals surface area contributed by atoms with Gasteiger partial charge in [-0.1, -0.05) is 24.3 Å². The molecule has 3 rings (SSSR count). The summed E-state index contributed by atoms with van der Waals surface area (Å²) < 4.78 is 5.71. The fraction of sp³-hybridized carbons (Fsp3) is 0.304. The van der Waals surface area contributed by atoms with Crippen molar-refractivity contribution in [2.24, 2.45) is 0 Å². The standard InChI is InChI=1S/C23H25N3O7/c1-13-12-33-19-5-3-2-4-16(19)21(29)26-18(23(31)32)11-20(28)25-17(22(30)24-13)10-14-6-8-15(27)9-7-14/h2-9,13,17-18,27H,10-12H2,1H3,(H,24,30)(H,25,28)(H,26,29)(H,31,32)/t13-,17+,18+/m1/s1. The number of ether oxygens (including phenoxy) is 1. The van der Waals surface area contributed by atoms with Crippen LogP contribution in [0.3, 0.4) is 0 Å². The van der Waals surface area contributed by atoms with Gasteiger partial charge in [0.1, 0.15) is 30.2 Å². The predicted molar refractivity (Wildman–Crippen MR) is 117 cm³/mol. The largest absolute Gasteiger partial charge is 0.508 e. The molecule has 10 heteroatoms. The summed E-state index contributed by atoms with van der Waals surface area (Å²) in [5, 5.41) is 26.6. The van der Waals surface area contributed by atoms with Gasteiger partial charge in [0.05, 0.1) is 18.0 Å². The maximum absolute atomic E-state index is 12.9. The first-order valence-corrected chi connectivity index (χ1v) is 10.4. The second-order valence-corrected chi connectivity index (χ2v) is 7.78. The number of phenolic OH excluding ortho intramolecular Hbond substituents is 1. The van der Waals surface area contributed by atoms with Crippen molar-refractivity contribution in [1.29, 1.82) is 0 Å². The lowest BCUT2D eigenvalue weighted by Gasteiger charge is -2.24. The van der Waals surface area contributed by atoms with Crippen molar-refractivity contribution in [3.8, 4) is 11.5 Å². The molecule has 2 aromatic carbocycles. The Morgan fingerprint density at radius 1 is 1.03 bits per heavy atom. The molecular formula is C23H25N3O7. The Morgan fingerprint density at radius 3 is 2.42 bits per heavy atom. The molecule has 0 spiro atoms. The third-order valence-corrected chi connectivity index (χ3v) is 5.03. The van der Waals surface area contributed by atoms with Crippen molar-refractivity contribution in [3.05, 3.63) is 59.7 Å². The second-order valence-electron chi connectivity index (χ2n) is 7.78. The maximum atomic E-state index is 12.9. The third-order valence-electron chi connectivity index (χ3n) is 5.03. The molecule has 2 aromatic rings. The normalized spacial score (nSPS) is 22.0. The monoisotopic (exact) mass is 455 g/mol. The van der Waals surface area contributed by atoms with Crippen molar-refractivity contribution in [3.63, 3.8) is 0 Å². The van der Waals surface area contributed by atoms with Crippen LogP contribution in [-0.4, -0.2) is 58.6 Å². The number of carboxylic acid groups (broad SMARTS) is 1. The van der Waals surface area contributed by atoms with Crippen LogP contribution in [0.25, 0.3) is 0 Å². The minimum absolute atomic E-state index is 0.0399. The molecular weight excluding hydrogens is 430 g/mol. The van der Waals surface area contributed by atoms with Gasteiger partial charge in [-0.15, -0.1) is 0 Å². The first kappa shape index (κ1) is 23.6. The number of carbonyl (C=O) groups excluding carboxylic acids is 3. The van der Waals surface area contributed by atoms with Crippen LogP contribution >= 0.6 is 0 Å². The highest BCUT2D eigenvalue weighted by atomic mass is 16.5. The van der Waals surface area contributed by atoms with Gasteiger partial charge in [0, 0.05) is 6.42 Å². The van der Waals surface area contributed by atoms with Crippen LogP contribution in [0.1, 0.15) is 29.3 Å². The van der Waals surface area contributed by atoms with Crippen molar-refractivity contribution < 1.29 is 34.1 Å². The number of phenols is 1. The molecule has 0 aromatic heterocycles. The summed E-state index contributed by atoms with van der Waals surface area (Å²) in [5.41, 5.74) is 0.792. The number of carboxylic acids is 1. The van der Waals surface area contributed by atoms with Gasteiger partial charge in [0.25, 0.3) is 5.91 Å². The summed E-state index contributed by atoms with van der Waals surface area (Å²) in [4.78, 5) is 49.9. The molecule has 1 aliphatic heterocycles. The second kappa shape index (κ2) is 10.5. The summed E-state index contributed by atoms with van der Waals surface area (Å²) in [7, 11) is 0. The predicted octanol–water partition coefficient (Wildman–Crippen LogP) is 0.590. The zero-order chi connectivity index (χ0) is 24.0. The lowest BCUT2D eigenvalue weighted by Crippen LogP contribution is -2.53. The van der Waals surface area contributed by atoms with Crippen molar-refractivity contribution in [1.82, 2.24) is 16.0 Å². The lowest BCUT2D eigenvalue weighted by molar-refractivity contribution is -0.141. The van der Waals surface area contributed by atoms with E-state index in [1.807, 2.05) is 0 Å². The van der Waals surface area contributed by atoms with E-state index in [0.717, 1.165) is 0 Å². The first-order chi connectivity index (χ1) is 15.7. The zero-order valence-corrected chi connectivity index (χ0v) is 17.9. The van der Waals surface area contributed by atoms with Crippen LogP contribution in [0, 0.1) is 0 Å². The van der Waals surface area contributed by atoms with E-state index in [2.05, 4.69) is 16.0 Å². The van der Waals surface area contributed by atoms with Crippen LogP contribution < -0.4 is 20.7 Å². The highest BCUT2D eigenvalue weighted by molar-refractivity contribution is 6.00. The Bertz CT molecular complexity index is 1040. The molecule has 3 amide bonds. The lowest BCUT2D eigenvalue weighted by atomic mass is 10.0. The zero-order valence-electron chi connectivity index (χ0n) is 17.9. The number of rotatable bonds is 3. The Kier molecular flexibility index (Phi) is 7.50. The molecule has 0 fully saturated rings. The number of hydrogen-bond donors (Lipinski definition) is 5. The summed E-state index contributed by atoms with van der Waals surface area (Å²) >= 11 is 0. The summed E-state index contributed by atoms with van der Waals surface area (Å²) in [6.45, 7) is 1.75. The van der Waals surface area contributed by atoms with Gasteiger partial charge in [-0.2, -0.15) is 0 Å². The minimum Gasteiger partial charge on any atom is -0.508 e. The first-order valence-electron chi connectivity index (χ1n) is 10.4.